The molecule has 2 saturated carbocycles. The molecule has 1 heterocycles. The summed E-state index contributed by atoms with van der Waals surface area (Å²) >= 11 is 0. The largest absolute Gasteiger partial charge is 0.462 e. The molecule has 1 radical (unpaired) electrons. The molecule has 0 aromatic carbocycles. The van der Waals surface area contributed by atoms with E-state index in [9.17, 15) is 4.79 Å². The monoisotopic (exact) mass is 151 g/mol. The van der Waals surface area contributed by atoms with Crippen molar-refractivity contribution in [2.75, 3.05) is 0 Å². The highest BCUT2D eigenvalue weighted by molar-refractivity contribution is 5.77. The summed E-state index contributed by atoms with van der Waals surface area (Å²) in [4.78, 5) is 11.2. The van der Waals surface area contributed by atoms with Crippen molar-refractivity contribution < 1.29 is 9.53 Å². The highest BCUT2D eigenvalue weighted by Gasteiger charge is 2.60. The molecule has 11 heavy (non-hydrogen) atoms. The summed E-state index contributed by atoms with van der Waals surface area (Å²) in [6.07, 6.45) is 2.55. The Labute approximate surface area is 65.9 Å². The standard InChI is InChI=1S/C9H11O2/c1-4-5-2-6-7(3-5)11-9(10)8(4)6/h4-8H,1-3H2. The number of esters is 1. The second kappa shape index (κ2) is 1.62. The predicted molar refractivity (Wildman–Crippen MR) is 38.4 cm³/mol. The van der Waals surface area contributed by atoms with Gasteiger partial charge >= 0.3 is 5.97 Å². The van der Waals surface area contributed by atoms with Gasteiger partial charge in [-0.3, -0.25) is 4.79 Å². The Morgan fingerprint density at radius 3 is 2.91 bits per heavy atom. The fourth-order valence-corrected chi connectivity index (χ4v) is 3.12. The van der Waals surface area contributed by atoms with Gasteiger partial charge in [-0.25, -0.2) is 0 Å². The van der Waals surface area contributed by atoms with Crippen molar-refractivity contribution in [2.24, 2.45) is 23.7 Å². The number of hydrogen-bond acceptors (Lipinski definition) is 2. The molecule has 2 aliphatic carbocycles. The molecule has 0 spiro atoms. The number of hydrogen-bond donors (Lipinski definition) is 0. The summed E-state index contributed by atoms with van der Waals surface area (Å²) in [5.41, 5.74) is 0. The lowest BCUT2D eigenvalue weighted by Crippen LogP contribution is -2.23. The van der Waals surface area contributed by atoms with Gasteiger partial charge in [0.25, 0.3) is 0 Å². The van der Waals surface area contributed by atoms with Crippen molar-refractivity contribution in [3.63, 3.8) is 0 Å². The van der Waals surface area contributed by atoms with Crippen LogP contribution in [0, 0.1) is 30.6 Å². The lowest BCUT2D eigenvalue weighted by atomic mass is 9.81. The molecule has 0 aromatic rings. The predicted octanol–water partition coefficient (Wildman–Crippen LogP) is 1.02. The molecule has 0 N–H and O–H groups in total. The normalized spacial score (nSPS) is 58.6. The first-order valence-corrected chi connectivity index (χ1v) is 4.31. The first kappa shape index (κ1) is 6.04. The van der Waals surface area contributed by atoms with Crippen molar-refractivity contribution in [3.05, 3.63) is 6.92 Å². The fourth-order valence-electron chi connectivity index (χ4n) is 3.12. The fraction of sp³-hybridized carbons (Fsp3) is 0.778. The van der Waals surface area contributed by atoms with Crippen LogP contribution in [0.1, 0.15) is 12.8 Å². The van der Waals surface area contributed by atoms with E-state index in [0.717, 1.165) is 6.42 Å². The molecule has 5 unspecified atom stereocenters. The minimum absolute atomic E-state index is 0.0278. The van der Waals surface area contributed by atoms with E-state index in [2.05, 4.69) is 6.92 Å². The minimum atomic E-state index is 0.0278. The van der Waals surface area contributed by atoms with Gasteiger partial charge in [0.2, 0.25) is 0 Å². The lowest BCUT2D eigenvalue weighted by molar-refractivity contribution is -0.143. The molecule has 0 amide bonds. The highest BCUT2D eigenvalue weighted by atomic mass is 16.6. The number of fused-ring (bicyclic) bond motifs is 1. The summed E-state index contributed by atoms with van der Waals surface area (Å²) in [5.74, 6) is 1.77. The zero-order chi connectivity index (χ0) is 7.59. The molecule has 2 bridgehead atoms. The van der Waals surface area contributed by atoms with Crippen LogP contribution in [0.3, 0.4) is 0 Å². The number of rotatable bonds is 0. The number of ether oxygens (including phenoxy) is 1. The number of carbonyl (C=O) groups excluding carboxylic acids is 1. The van der Waals surface area contributed by atoms with Crippen LogP contribution >= 0.6 is 0 Å². The van der Waals surface area contributed by atoms with Gasteiger partial charge in [0.05, 0.1) is 5.92 Å². The maximum Gasteiger partial charge on any atom is 0.309 e. The van der Waals surface area contributed by atoms with Gasteiger partial charge in [-0.1, -0.05) is 0 Å². The third kappa shape index (κ3) is 0.534. The Morgan fingerprint density at radius 2 is 2.27 bits per heavy atom. The SMILES string of the molecule is [CH2]C1C2CC3OC(=O)C1C3C2. The van der Waals surface area contributed by atoms with Crippen LogP contribution in [0.25, 0.3) is 0 Å². The van der Waals surface area contributed by atoms with E-state index in [4.69, 9.17) is 4.74 Å². The van der Waals surface area contributed by atoms with Gasteiger partial charge < -0.3 is 4.74 Å². The van der Waals surface area contributed by atoms with Crippen LogP contribution in [0.4, 0.5) is 0 Å². The van der Waals surface area contributed by atoms with Crippen molar-refractivity contribution >= 4 is 5.97 Å². The Balaban J connectivity index is 2.05. The highest BCUT2D eigenvalue weighted by Crippen LogP contribution is 2.57. The van der Waals surface area contributed by atoms with Crippen LogP contribution < -0.4 is 0 Å². The van der Waals surface area contributed by atoms with Gasteiger partial charge in [-0.2, -0.15) is 0 Å². The van der Waals surface area contributed by atoms with Gasteiger partial charge in [-0.15, -0.1) is 0 Å². The maximum absolute atomic E-state index is 11.2. The molecule has 2 nitrogen and oxygen atoms in total. The molecule has 1 saturated heterocycles. The van der Waals surface area contributed by atoms with Gasteiger partial charge in [0, 0.05) is 5.92 Å². The third-order valence-corrected chi connectivity index (χ3v) is 3.66. The average molecular weight is 151 g/mol. The Morgan fingerprint density at radius 1 is 1.45 bits per heavy atom. The first-order valence-electron chi connectivity index (χ1n) is 4.31. The summed E-state index contributed by atoms with van der Waals surface area (Å²) in [7, 11) is 0. The van der Waals surface area contributed by atoms with Crippen molar-refractivity contribution in [3.8, 4) is 0 Å². The van der Waals surface area contributed by atoms with E-state index >= 15 is 0 Å². The van der Waals surface area contributed by atoms with Crippen LogP contribution in [-0.4, -0.2) is 12.1 Å². The second-order valence-corrected chi connectivity index (χ2v) is 4.06. The first-order chi connectivity index (χ1) is 5.27. The Kier molecular flexibility index (Phi) is 0.890. The molecule has 3 aliphatic rings. The van der Waals surface area contributed by atoms with Gasteiger partial charge in [-0.05, 0) is 31.6 Å². The topological polar surface area (TPSA) is 26.3 Å². The van der Waals surface area contributed by atoms with Gasteiger partial charge in [0.15, 0.2) is 0 Å². The van der Waals surface area contributed by atoms with E-state index in [1.54, 1.807) is 0 Å². The zero-order valence-electron chi connectivity index (χ0n) is 6.32. The van der Waals surface area contributed by atoms with Crippen LogP contribution in [-0.2, 0) is 9.53 Å². The summed E-state index contributed by atoms with van der Waals surface area (Å²) < 4.78 is 5.23. The van der Waals surface area contributed by atoms with Crippen molar-refractivity contribution in [2.45, 2.75) is 18.9 Å². The minimum Gasteiger partial charge on any atom is -0.462 e. The molecule has 0 aromatic heterocycles. The van der Waals surface area contributed by atoms with Crippen molar-refractivity contribution in [1.29, 1.82) is 0 Å². The summed E-state index contributed by atoms with van der Waals surface area (Å²) in [6, 6.07) is 0. The van der Waals surface area contributed by atoms with Gasteiger partial charge in [0.1, 0.15) is 6.10 Å². The van der Waals surface area contributed by atoms with Crippen molar-refractivity contribution in [1.82, 2.24) is 0 Å². The van der Waals surface area contributed by atoms with E-state index in [1.807, 2.05) is 0 Å². The van der Waals surface area contributed by atoms with E-state index in [-0.39, 0.29) is 18.0 Å². The maximum atomic E-state index is 11.2. The van der Waals surface area contributed by atoms with Crippen LogP contribution in [0.15, 0.2) is 0 Å². The molecule has 5 atom stereocenters. The average Bonchev–Trinajstić information content (AvgIpc) is 2.47. The molecular weight excluding hydrogens is 140 g/mol. The molecule has 3 rings (SSSR count). The Hall–Kier alpha value is -0.530. The second-order valence-electron chi connectivity index (χ2n) is 4.06. The quantitative estimate of drug-likeness (QED) is 0.483. The molecule has 1 aliphatic heterocycles. The zero-order valence-corrected chi connectivity index (χ0v) is 6.32. The third-order valence-electron chi connectivity index (χ3n) is 3.66. The van der Waals surface area contributed by atoms with Crippen LogP contribution in [0.2, 0.25) is 0 Å². The Bertz CT molecular complexity index is 222. The molecule has 3 fully saturated rings. The molecule has 59 valence electrons. The molecular formula is C9H11O2. The van der Waals surface area contributed by atoms with E-state index < -0.39 is 0 Å². The summed E-state index contributed by atoms with van der Waals surface area (Å²) in [5, 5.41) is 0. The summed E-state index contributed by atoms with van der Waals surface area (Å²) in [6.45, 7) is 4.05. The van der Waals surface area contributed by atoms with Crippen LogP contribution in [0.5, 0.6) is 0 Å². The van der Waals surface area contributed by atoms with E-state index in [1.165, 1.54) is 6.42 Å². The molecule has 2 heteroatoms. The van der Waals surface area contributed by atoms with E-state index in [0.29, 0.717) is 17.8 Å². The number of carbonyl (C=O) groups is 1. The smallest absolute Gasteiger partial charge is 0.309 e. The lowest BCUT2D eigenvalue weighted by Gasteiger charge is -2.19.